The van der Waals surface area contributed by atoms with Gasteiger partial charge in [0.1, 0.15) is 0 Å². The minimum atomic E-state index is 0.273. The third-order valence-electron chi connectivity index (χ3n) is 4.61. The average Bonchev–Trinajstić information content (AvgIpc) is 2.95. The number of benzene rings is 2. The van der Waals surface area contributed by atoms with Crippen molar-refractivity contribution in [1.29, 1.82) is 0 Å². The highest BCUT2D eigenvalue weighted by molar-refractivity contribution is 9.10. The minimum absolute atomic E-state index is 0.273. The Labute approximate surface area is 148 Å². The third-order valence-corrected chi connectivity index (χ3v) is 5.67. The van der Waals surface area contributed by atoms with Gasteiger partial charge in [-0.05, 0) is 42.2 Å². The van der Waals surface area contributed by atoms with Crippen LogP contribution in [0.5, 0.6) is 0 Å². The quantitative estimate of drug-likeness (QED) is 0.538. The Balaban J connectivity index is 1.82. The van der Waals surface area contributed by atoms with Gasteiger partial charge < -0.3 is 5.32 Å². The smallest absolute Gasteiger partial charge is 0.0553 e. The molecule has 1 heterocycles. The van der Waals surface area contributed by atoms with Crippen LogP contribution in [0.4, 0.5) is 5.69 Å². The molecule has 1 N–H and O–H groups in total. The number of anilines is 1. The molecule has 22 heavy (non-hydrogen) atoms. The van der Waals surface area contributed by atoms with E-state index in [1.165, 1.54) is 11.1 Å². The minimum Gasteiger partial charge on any atom is -0.378 e. The zero-order chi connectivity index (χ0) is 15.3. The number of allylic oxidation sites excluding steroid dienone is 2. The lowest BCUT2D eigenvalue weighted by atomic mass is 9.77. The van der Waals surface area contributed by atoms with Crippen molar-refractivity contribution in [3.8, 4) is 0 Å². The van der Waals surface area contributed by atoms with Crippen LogP contribution in [0, 0.1) is 5.92 Å². The van der Waals surface area contributed by atoms with Crippen molar-refractivity contribution in [3.05, 3.63) is 74.2 Å². The highest BCUT2D eigenvalue weighted by Crippen LogP contribution is 2.52. The summed E-state index contributed by atoms with van der Waals surface area (Å²) in [6.07, 6.45) is 5.62. The Morgan fingerprint density at radius 2 is 1.86 bits per heavy atom. The largest absolute Gasteiger partial charge is 0.378 e. The molecule has 2 aromatic rings. The maximum atomic E-state index is 6.46. The molecule has 0 spiro atoms. The summed E-state index contributed by atoms with van der Waals surface area (Å²) in [5.41, 5.74) is 3.53. The molecule has 4 rings (SSSR count). The first-order valence-corrected chi connectivity index (χ1v) is 8.86. The zero-order valence-corrected chi connectivity index (χ0v) is 14.8. The fraction of sp³-hybridized carbons (Fsp3) is 0.222. The Kier molecular flexibility index (Phi) is 3.72. The molecule has 0 bridgehead atoms. The van der Waals surface area contributed by atoms with Crippen LogP contribution in [-0.4, -0.2) is 0 Å². The molecule has 2 aliphatic rings. The molecule has 0 saturated heterocycles. The molecule has 4 heteroatoms. The normalized spacial score (nSPS) is 25.5. The number of nitrogens with one attached hydrogen (secondary N) is 1. The van der Waals surface area contributed by atoms with E-state index in [-0.39, 0.29) is 6.04 Å². The topological polar surface area (TPSA) is 12.0 Å². The number of halogens is 3. The Bertz CT molecular complexity index is 754. The van der Waals surface area contributed by atoms with E-state index in [1.54, 1.807) is 0 Å². The summed E-state index contributed by atoms with van der Waals surface area (Å²) < 4.78 is 1.10. The fourth-order valence-corrected chi connectivity index (χ4v) is 4.53. The maximum Gasteiger partial charge on any atom is 0.0553 e. The number of hydrogen-bond donors (Lipinski definition) is 1. The van der Waals surface area contributed by atoms with E-state index in [0.29, 0.717) is 16.9 Å². The first-order chi connectivity index (χ1) is 10.6. The van der Waals surface area contributed by atoms with Crippen molar-refractivity contribution in [1.82, 2.24) is 0 Å². The molecule has 1 aliphatic carbocycles. The van der Waals surface area contributed by atoms with Crippen LogP contribution >= 0.6 is 39.1 Å². The second kappa shape index (κ2) is 5.59. The van der Waals surface area contributed by atoms with Crippen molar-refractivity contribution < 1.29 is 0 Å². The second-order valence-electron chi connectivity index (χ2n) is 5.88. The van der Waals surface area contributed by atoms with Gasteiger partial charge in [-0.25, -0.2) is 0 Å². The van der Waals surface area contributed by atoms with Gasteiger partial charge in [-0.2, -0.15) is 0 Å². The van der Waals surface area contributed by atoms with E-state index >= 15 is 0 Å². The summed E-state index contributed by atoms with van der Waals surface area (Å²) in [5, 5.41) is 5.09. The zero-order valence-electron chi connectivity index (χ0n) is 11.7. The Morgan fingerprint density at radius 1 is 1.09 bits per heavy atom. The summed E-state index contributed by atoms with van der Waals surface area (Å²) in [5.74, 6) is 0.849. The van der Waals surface area contributed by atoms with Crippen LogP contribution in [-0.2, 0) is 0 Å². The SMILES string of the molecule is Clc1cc(Cl)c2c(c1)N[C@H](c1ccc(Br)cc1)[C@H]1CC=C[C@@H]21. The summed E-state index contributed by atoms with van der Waals surface area (Å²) >= 11 is 16.2. The van der Waals surface area contributed by atoms with E-state index in [2.05, 4.69) is 57.7 Å². The molecule has 0 saturated carbocycles. The van der Waals surface area contributed by atoms with Gasteiger partial charge in [-0.1, -0.05) is 63.4 Å². The van der Waals surface area contributed by atoms with E-state index in [1.807, 2.05) is 12.1 Å². The first kappa shape index (κ1) is 14.6. The highest BCUT2D eigenvalue weighted by Gasteiger charge is 2.39. The van der Waals surface area contributed by atoms with Gasteiger partial charge in [0.15, 0.2) is 0 Å². The standard InChI is InChI=1S/C18H14BrCl2N/c19-11-6-4-10(5-7-11)18-14-3-1-2-13(14)17-15(21)8-12(20)9-16(17)22-18/h1-2,4-9,13-14,18,22H,3H2/t13-,14+,18-/m1/s1. The predicted molar refractivity (Wildman–Crippen MR) is 97.0 cm³/mol. The van der Waals surface area contributed by atoms with Crippen LogP contribution in [0.15, 0.2) is 53.0 Å². The lowest BCUT2D eigenvalue weighted by molar-refractivity contribution is 0.425. The van der Waals surface area contributed by atoms with Crippen molar-refractivity contribution in [2.45, 2.75) is 18.4 Å². The van der Waals surface area contributed by atoms with Gasteiger partial charge >= 0.3 is 0 Å². The first-order valence-electron chi connectivity index (χ1n) is 7.31. The molecule has 1 aliphatic heterocycles. The van der Waals surface area contributed by atoms with Crippen molar-refractivity contribution in [2.24, 2.45) is 5.92 Å². The number of hydrogen-bond acceptors (Lipinski definition) is 1. The molecule has 1 nitrogen and oxygen atoms in total. The molecule has 2 aromatic carbocycles. The van der Waals surface area contributed by atoms with E-state index < -0.39 is 0 Å². The van der Waals surface area contributed by atoms with Gasteiger partial charge in [-0.3, -0.25) is 0 Å². The lowest BCUT2D eigenvalue weighted by Gasteiger charge is -2.38. The van der Waals surface area contributed by atoms with Gasteiger partial charge in [-0.15, -0.1) is 0 Å². The maximum absolute atomic E-state index is 6.46. The van der Waals surface area contributed by atoms with Crippen LogP contribution in [0.2, 0.25) is 10.0 Å². The molecule has 0 fully saturated rings. The molecule has 0 amide bonds. The summed E-state index contributed by atoms with van der Waals surface area (Å²) in [4.78, 5) is 0. The molecule has 0 aromatic heterocycles. The van der Waals surface area contributed by atoms with Gasteiger partial charge in [0.2, 0.25) is 0 Å². The molecular weight excluding hydrogens is 381 g/mol. The summed E-state index contributed by atoms with van der Waals surface area (Å²) in [6.45, 7) is 0. The van der Waals surface area contributed by atoms with E-state index in [9.17, 15) is 0 Å². The average molecular weight is 395 g/mol. The van der Waals surface area contributed by atoms with Crippen LogP contribution < -0.4 is 5.32 Å². The summed E-state index contributed by atoms with van der Waals surface area (Å²) in [6, 6.07) is 12.6. The lowest BCUT2D eigenvalue weighted by Crippen LogP contribution is -2.29. The van der Waals surface area contributed by atoms with Gasteiger partial charge in [0.05, 0.1) is 6.04 Å². The molecular formula is C18H14BrCl2N. The molecule has 3 atom stereocenters. The summed E-state index contributed by atoms with van der Waals surface area (Å²) in [7, 11) is 0. The molecule has 112 valence electrons. The fourth-order valence-electron chi connectivity index (χ4n) is 3.64. The Hall–Kier alpha value is -0.960. The monoisotopic (exact) mass is 393 g/mol. The Morgan fingerprint density at radius 3 is 2.64 bits per heavy atom. The van der Waals surface area contributed by atoms with Crippen molar-refractivity contribution in [2.75, 3.05) is 5.32 Å². The highest BCUT2D eigenvalue weighted by atomic mass is 79.9. The van der Waals surface area contributed by atoms with Gasteiger partial charge in [0.25, 0.3) is 0 Å². The van der Waals surface area contributed by atoms with Crippen LogP contribution in [0.25, 0.3) is 0 Å². The molecule has 0 unspecified atom stereocenters. The van der Waals surface area contributed by atoms with Crippen molar-refractivity contribution >= 4 is 44.8 Å². The molecule has 0 radical (unpaired) electrons. The second-order valence-corrected chi connectivity index (χ2v) is 7.64. The predicted octanol–water partition coefficient (Wildman–Crippen LogP) is 6.58. The van der Waals surface area contributed by atoms with Crippen LogP contribution in [0.3, 0.4) is 0 Å². The van der Waals surface area contributed by atoms with Crippen LogP contribution in [0.1, 0.15) is 29.5 Å². The number of rotatable bonds is 1. The van der Waals surface area contributed by atoms with E-state index in [4.69, 9.17) is 23.2 Å². The van der Waals surface area contributed by atoms with Crippen molar-refractivity contribution in [3.63, 3.8) is 0 Å². The van der Waals surface area contributed by atoms with E-state index in [0.717, 1.165) is 21.6 Å². The van der Waals surface area contributed by atoms with Gasteiger partial charge in [0, 0.05) is 31.7 Å². The number of fused-ring (bicyclic) bond motifs is 3. The third kappa shape index (κ3) is 2.38.